The number of aliphatic carboxylic acids is 1. The van der Waals surface area contributed by atoms with E-state index in [2.05, 4.69) is 29.6 Å². The van der Waals surface area contributed by atoms with Crippen LogP contribution in [0.5, 0.6) is 0 Å². The van der Waals surface area contributed by atoms with Crippen molar-refractivity contribution < 1.29 is 24.2 Å². The molecule has 1 fully saturated rings. The Kier molecular flexibility index (Phi) is 6.32. The van der Waals surface area contributed by atoms with Crippen molar-refractivity contribution in [1.29, 1.82) is 0 Å². The Morgan fingerprint density at radius 3 is 2.41 bits per heavy atom. The molecule has 3 atom stereocenters. The lowest BCUT2D eigenvalue weighted by molar-refractivity contribution is -0.149. The maximum Gasteiger partial charge on any atom is 0.407 e. The van der Waals surface area contributed by atoms with Gasteiger partial charge in [-0.25, -0.2) is 9.59 Å². The van der Waals surface area contributed by atoms with Gasteiger partial charge in [-0.3, -0.25) is 4.79 Å². The van der Waals surface area contributed by atoms with Gasteiger partial charge in [0.2, 0.25) is 5.91 Å². The molecule has 34 heavy (non-hydrogen) atoms. The van der Waals surface area contributed by atoms with E-state index in [4.69, 9.17) is 4.74 Å². The molecule has 0 bridgehead atoms. The number of rotatable bonds is 5. The van der Waals surface area contributed by atoms with E-state index in [0.717, 1.165) is 11.1 Å². The fraction of sp³-hybridized carbons (Fsp3) is 0.346. The van der Waals surface area contributed by atoms with E-state index >= 15 is 0 Å². The van der Waals surface area contributed by atoms with Crippen LogP contribution in [-0.4, -0.2) is 58.3 Å². The third kappa shape index (κ3) is 4.30. The summed E-state index contributed by atoms with van der Waals surface area (Å²) >= 11 is 1.45. The van der Waals surface area contributed by atoms with Crippen molar-refractivity contribution in [2.24, 2.45) is 5.92 Å². The van der Waals surface area contributed by atoms with Gasteiger partial charge in [-0.2, -0.15) is 0 Å². The molecule has 8 heteroatoms. The van der Waals surface area contributed by atoms with Gasteiger partial charge in [0.15, 0.2) is 0 Å². The van der Waals surface area contributed by atoms with E-state index in [1.807, 2.05) is 36.4 Å². The molecule has 2 aromatic carbocycles. The summed E-state index contributed by atoms with van der Waals surface area (Å²) in [5.74, 6) is -0.718. The van der Waals surface area contributed by atoms with Crippen LogP contribution in [0.15, 0.2) is 60.7 Å². The number of carboxylic acids is 1. The van der Waals surface area contributed by atoms with Gasteiger partial charge in [0.25, 0.3) is 0 Å². The molecule has 2 aliphatic carbocycles. The summed E-state index contributed by atoms with van der Waals surface area (Å²) in [7, 11) is 0. The van der Waals surface area contributed by atoms with Gasteiger partial charge in [0, 0.05) is 17.6 Å². The molecular weight excluding hydrogens is 452 g/mol. The minimum Gasteiger partial charge on any atom is -0.480 e. The number of carboxylic acid groups (broad SMARTS) is 1. The van der Waals surface area contributed by atoms with E-state index in [9.17, 15) is 19.5 Å². The smallest absolute Gasteiger partial charge is 0.407 e. The average molecular weight is 479 g/mol. The lowest BCUT2D eigenvalue weighted by Crippen LogP contribution is -2.47. The molecule has 176 valence electrons. The topological polar surface area (TPSA) is 95.9 Å². The van der Waals surface area contributed by atoms with Crippen LogP contribution < -0.4 is 5.32 Å². The number of amides is 2. The number of hydrogen-bond acceptors (Lipinski definition) is 5. The zero-order valence-electron chi connectivity index (χ0n) is 18.6. The Labute approximate surface area is 202 Å². The van der Waals surface area contributed by atoms with E-state index in [1.54, 1.807) is 0 Å². The number of thioether (sulfide) groups is 1. The van der Waals surface area contributed by atoms with Crippen LogP contribution >= 0.6 is 11.8 Å². The summed E-state index contributed by atoms with van der Waals surface area (Å²) in [6.07, 6.45) is 4.19. The molecule has 1 heterocycles. The molecule has 2 aromatic rings. The van der Waals surface area contributed by atoms with Gasteiger partial charge in [-0.15, -0.1) is 11.8 Å². The molecular formula is C26H26N2O5S. The number of hydrogen-bond donors (Lipinski definition) is 2. The van der Waals surface area contributed by atoms with Gasteiger partial charge in [0.1, 0.15) is 12.6 Å². The molecule has 5 rings (SSSR count). The Hall–Kier alpha value is -3.26. The van der Waals surface area contributed by atoms with Crippen LogP contribution in [0.25, 0.3) is 11.1 Å². The summed E-state index contributed by atoms with van der Waals surface area (Å²) in [6.45, 7) is 0.226. The Balaban J connectivity index is 1.19. The number of allylic oxidation sites excluding steroid dienone is 1. The zero-order chi connectivity index (χ0) is 23.7. The van der Waals surface area contributed by atoms with E-state index in [0.29, 0.717) is 24.5 Å². The molecule has 1 saturated heterocycles. The number of carbonyl (C=O) groups excluding carboxylic acids is 2. The highest BCUT2D eigenvalue weighted by Gasteiger charge is 2.38. The van der Waals surface area contributed by atoms with Crippen molar-refractivity contribution in [2.45, 2.75) is 30.8 Å². The highest BCUT2D eigenvalue weighted by atomic mass is 32.2. The Morgan fingerprint density at radius 2 is 1.74 bits per heavy atom. The van der Waals surface area contributed by atoms with Crippen LogP contribution in [0.2, 0.25) is 0 Å². The molecule has 7 nitrogen and oxygen atoms in total. The molecule has 0 saturated carbocycles. The molecule has 2 N–H and O–H groups in total. The fourth-order valence-electron chi connectivity index (χ4n) is 5.09. The normalized spacial score (nSPS) is 23.3. The first-order chi connectivity index (χ1) is 16.5. The highest BCUT2D eigenvalue weighted by Crippen LogP contribution is 2.44. The van der Waals surface area contributed by atoms with E-state index in [-0.39, 0.29) is 30.4 Å². The maximum absolute atomic E-state index is 13.0. The minimum atomic E-state index is -0.974. The maximum atomic E-state index is 13.0. The third-order valence-corrected chi connectivity index (χ3v) is 7.79. The Bertz CT molecular complexity index is 1100. The number of alkyl carbamates (subject to hydrolysis) is 1. The van der Waals surface area contributed by atoms with Crippen molar-refractivity contribution in [3.05, 3.63) is 71.8 Å². The first-order valence-electron chi connectivity index (χ1n) is 11.4. The van der Waals surface area contributed by atoms with Gasteiger partial charge in [-0.05, 0) is 35.1 Å². The molecule has 0 radical (unpaired) electrons. The Morgan fingerprint density at radius 1 is 1.06 bits per heavy atom. The number of fused-ring (bicyclic) bond motifs is 3. The SMILES string of the molecule is O=C(NC1C=CCC(C(=O)N2CSC[C@H]2C(=O)O)C1)OCC1c2ccccc2-c2ccccc21. The monoisotopic (exact) mass is 478 g/mol. The van der Waals surface area contributed by atoms with Crippen LogP contribution in [0.1, 0.15) is 29.9 Å². The standard InChI is InChI=1S/C26H26N2O5S/c29-24(28-15-34-14-23(28)25(30)31)16-6-5-7-17(12-16)27-26(32)33-13-22-20-10-3-1-8-18(20)19-9-2-4-11-21(19)22/h1-5,7-11,16-17,22-23H,6,12-15H2,(H,27,32)(H,30,31)/t16?,17?,23-/m0/s1. The molecule has 2 amide bonds. The molecule has 0 spiro atoms. The zero-order valence-corrected chi connectivity index (χ0v) is 19.4. The minimum absolute atomic E-state index is 0.0185. The molecule has 3 aliphatic rings. The molecule has 1 aliphatic heterocycles. The van der Waals surface area contributed by atoms with Crippen LogP contribution in [0, 0.1) is 5.92 Å². The fourth-order valence-corrected chi connectivity index (χ4v) is 6.24. The van der Waals surface area contributed by atoms with Crippen molar-refractivity contribution in [1.82, 2.24) is 10.2 Å². The number of nitrogens with zero attached hydrogens (tertiary/aromatic N) is 1. The average Bonchev–Trinajstić information content (AvgIpc) is 3.46. The largest absolute Gasteiger partial charge is 0.480 e. The number of benzene rings is 2. The van der Waals surface area contributed by atoms with Crippen LogP contribution in [-0.2, 0) is 14.3 Å². The van der Waals surface area contributed by atoms with Crippen molar-refractivity contribution >= 4 is 29.7 Å². The van der Waals surface area contributed by atoms with Crippen molar-refractivity contribution in [3.63, 3.8) is 0 Å². The van der Waals surface area contributed by atoms with Crippen molar-refractivity contribution in [2.75, 3.05) is 18.2 Å². The summed E-state index contributed by atoms with van der Waals surface area (Å²) in [5, 5.41) is 12.2. The lowest BCUT2D eigenvalue weighted by atomic mass is 9.89. The third-order valence-electron chi connectivity index (χ3n) is 6.77. The van der Waals surface area contributed by atoms with E-state index < -0.39 is 18.1 Å². The second kappa shape index (κ2) is 9.54. The second-order valence-electron chi connectivity index (χ2n) is 8.83. The number of nitrogens with one attached hydrogen (secondary N) is 1. The summed E-state index contributed by atoms with van der Waals surface area (Å²) in [6, 6.07) is 15.2. The first kappa shape index (κ1) is 22.5. The highest BCUT2D eigenvalue weighted by molar-refractivity contribution is 7.99. The van der Waals surface area contributed by atoms with Gasteiger partial charge >= 0.3 is 12.1 Å². The quantitative estimate of drug-likeness (QED) is 0.634. The molecule has 0 aromatic heterocycles. The summed E-state index contributed by atoms with van der Waals surface area (Å²) in [4.78, 5) is 38.5. The number of carbonyl (C=O) groups is 3. The van der Waals surface area contributed by atoms with Gasteiger partial charge in [-0.1, -0.05) is 60.7 Å². The van der Waals surface area contributed by atoms with Crippen LogP contribution in [0.3, 0.4) is 0 Å². The summed E-state index contributed by atoms with van der Waals surface area (Å²) < 4.78 is 5.63. The van der Waals surface area contributed by atoms with Gasteiger partial charge in [0.05, 0.1) is 11.9 Å². The number of ether oxygens (including phenoxy) is 1. The van der Waals surface area contributed by atoms with E-state index in [1.165, 1.54) is 27.8 Å². The second-order valence-corrected chi connectivity index (χ2v) is 9.83. The predicted molar refractivity (Wildman–Crippen MR) is 129 cm³/mol. The predicted octanol–water partition coefficient (Wildman–Crippen LogP) is 3.85. The van der Waals surface area contributed by atoms with Gasteiger partial charge < -0.3 is 20.1 Å². The van der Waals surface area contributed by atoms with Crippen molar-refractivity contribution in [3.8, 4) is 11.1 Å². The lowest BCUT2D eigenvalue weighted by Gasteiger charge is -2.29. The van der Waals surface area contributed by atoms with Crippen LogP contribution in [0.4, 0.5) is 4.79 Å². The molecule has 2 unspecified atom stereocenters. The summed E-state index contributed by atoms with van der Waals surface area (Å²) in [5.41, 5.74) is 4.64. The first-order valence-corrected chi connectivity index (χ1v) is 12.6.